The highest BCUT2D eigenvalue weighted by Crippen LogP contribution is 2.30. The summed E-state index contributed by atoms with van der Waals surface area (Å²) in [5.41, 5.74) is 1.74. The van der Waals surface area contributed by atoms with E-state index in [9.17, 15) is 5.11 Å². The monoisotopic (exact) mass is 220 g/mol. The molecular formula is C11H12N2OS. The summed E-state index contributed by atoms with van der Waals surface area (Å²) in [5, 5.41) is 10.4. The van der Waals surface area contributed by atoms with Crippen molar-refractivity contribution in [3.8, 4) is 10.7 Å². The normalized spacial score (nSPS) is 12.7. The van der Waals surface area contributed by atoms with E-state index < -0.39 is 6.10 Å². The lowest BCUT2D eigenvalue weighted by Crippen LogP contribution is -1.88. The maximum Gasteiger partial charge on any atom is 0.142 e. The molecule has 1 unspecified atom stereocenters. The Hall–Kier alpha value is -1.26. The van der Waals surface area contributed by atoms with Gasteiger partial charge in [0.2, 0.25) is 0 Å². The molecule has 0 amide bonds. The van der Waals surface area contributed by atoms with E-state index in [2.05, 4.69) is 9.97 Å². The molecule has 0 radical (unpaired) electrons. The minimum atomic E-state index is -0.458. The molecular weight excluding hydrogens is 208 g/mol. The zero-order valence-corrected chi connectivity index (χ0v) is 9.45. The number of pyridine rings is 1. The number of nitrogens with zero attached hydrogens (tertiary/aromatic N) is 2. The van der Waals surface area contributed by atoms with Gasteiger partial charge in [-0.1, -0.05) is 6.07 Å². The lowest BCUT2D eigenvalue weighted by atomic mass is 10.3. The van der Waals surface area contributed by atoms with Crippen molar-refractivity contribution >= 4 is 11.3 Å². The van der Waals surface area contributed by atoms with E-state index in [-0.39, 0.29) is 0 Å². The van der Waals surface area contributed by atoms with Crippen LogP contribution in [0.4, 0.5) is 0 Å². The van der Waals surface area contributed by atoms with E-state index in [1.807, 2.05) is 25.1 Å². The minimum absolute atomic E-state index is 0.458. The number of hydrogen-bond donors (Lipinski definition) is 1. The average molecular weight is 220 g/mol. The Balaban J connectivity index is 2.43. The third-order valence-electron chi connectivity index (χ3n) is 2.10. The smallest absolute Gasteiger partial charge is 0.142 e. The average Bonchev–Trinajstić information content (AvgIpc) is 2.62. The lowest BCUT2D eigenvalue weighted by Gasteiger charge is -1.98. The second-order valence-corrected chi connectivity index (χ2v) is 4.39. The topological polar surface area (TPSA) is 46.0 Å². The van der Waals surface area contributed by atoms with Crippen molar-refractivity contribution < 1.29 is 5.11 Å². The van der Waals surface area contributed by atoms with Crippen LogP contribution in [0.5, 0.6) is 0 Å². The summed E-state index contributed by atoms with van der Waals surface area (Å²) < 4.78 is 0. The van der Waals surface area contributed by atoms with Crippen LogP contribution in [-0.4, -0.2) is 15.1 Å². The standard InChI is InChI=1S/C11H12N2OS/c1-7-10(8(2)14)15-11(13-7)9-5-3-4-6-12-9/h3-6,8,14H,1-2H3. The Morgan fingerprint density at radius 2 is 2.20 bits per heavy atom. The number of hydrogen-bond acceptors (Lipinski definition) is 4. The SMILES string of the molecule is Cc1nc(-c2ccccn2)sc1C(C)O. The summed E-state index contributed by atoms with van der Waals surface area (Å²) in [6.07, 6.45) is 1.29. The van der Waals surface area contributed by atoms with Crippen LogP contribution in [0.1, 0.15) is 23.6 Å². The van der Waals surface area contributed by atoms with E-state index in [1.165, 1.54) is 11.3 Å². The van der Waals surface area contributed by atoms with Crippen LogP contribution in [0.15, 0.2) is 24.4 Å². The molecule has 3 nitrogen and oxygen atoms in total. The van der Waals surface area contributed by atoms with Gasteiger partial charge in [-0.15, -0.1) is 11.3 Å². The van der Waals surface area contributed by atoms with E-state index >= 15 is 0 Å². The van der Waals surface area contributed by atoms with Crippen molar-refractivity contribution in [3.05, 3.63) is 35.0 Å². The maximum atomic E-state index is 9.51. The number of aromatic nitrogens is 2. The fraction of sp³-hybridized carbons (Fsp3) is 0.273. The van der Waals surface area contributed by atoms with Crippen molar-refractivity contribution in [3.63, 3.8) is 0 Å². The molecule has 2 heterocycles. The van der Waals surface area contributed by atoms with Crippen molar-refractivity contribution in [1.29, 1.82) is 0 Å². The molecule has 0 saturated carbocycles. The van der Waals surface area contributed by atoms with E-state index in [0.29, 0.717) is 0 Å². The predicted octanol–water partition coefficient (Wildman–Crippen LogP) is 2.57. The zero-order valence-electron chi connectivity index (χ0n) is 8.64. The molecule has 0 fully saturated rings. The molecule has 1 N–H and O–H groups in total. The zero-order chi connectivity index (χ0) is 10.8. The number of aryl methyl sites for hydroxylation is 1. The second-order valence-electron chi connectivity index (χ2n) is 3.36. The second kappa shape index (κ2) is 4.08. The van der Waals surface area contributed by atoms with Gasteiger partial charge in [0.25, 0.3) is 0 Å². The molecule has 4 heteroatoms. The number of aliphatic hydroxyl groups is 1. The van der Waals surface area contributed by atoms with Crippen LogP contribution in [0, 0.1) is 6.92 Å². The van der Waals surface area contributed by atoms with Gasteiger partial charge in [-0.05, 0) is 26.0 Å². The molecule has 1 atom stereocenters. The molecule has 0 aliphatic carbocycles. The highest BCUT2D eigenvalue weighted by Gasteiger charge is 2.13. The lowest BCUT2D eigenvalue weighted by molar-refractivity contribution is 0.202. The van der Waals surface area contributed by atoms with Crippen molar-refractivity contribution in [2.24, 2.45) is 0 Å². The van der Waals surface area contributed by atoms with Gasteiger partial charge in [0, 0.05) is 6.20 Å². The van der Waals surface area contributed by atoms with Gasteiger partial charge in [-0.2, -0.15) is 0 Å². The van der Waals surface area contributed by atoms with Gasteiger partial charge in [-0.25, -0.2) is 4.98 Å². The highest BCUT2D eigenvalue weighted by molar-refractivity contribution is 7.15. The Morgan fingerprint density at radius 1 is 1.40 bits per heavy atom. The quantitative estimate of drug-likeness (QED) is 0.846. The molecule has 0 aliphatic rings. The van der Waals surface area contributed by atoms with Crippen LogP contribution >= 0.6 is 11.3 Å². The van der Waals surface area contributed by atoms with Gasteiger partial charge < -0.3 is 5.11 Å². The van der Waals surface area contributed by atoms with Crippen molar-refractivity contribution in [1.82, 2.24) is 9.97 Å². The van der Waals surface area contributed by atoms with E-state index in [0.717, 1.165) is 21.3 Å². The highest BCUT2D eigenvalue weighted by atomic mass is 32.1. The third-order valence-corrected chi connectivity index (χ3v) is 3.45. The summed E-state index contributed by atoms with van der Waals surface area (Å²) in [4.78, 5) is 9.54. The van der Waals surface area contributed by atoms with Gasteiger partial charge >= 0.3 is 0 Å². The molecule has 0 aromatic carbocycles. The van der Waals surface area contributed by atoms with Crippen LogP contribution in [0.3, 0.4) is 0 Å². The molecule has 78 valence electrons. The predicted molar refractivity (Wildman–Crippen MR) is 60.7 cm³/mol. The number of thiazole rings is 1. The first-order valence-electron chi connectivity index (χ1n) is 4.75. The Labute approximate surface area is 92.5 Å². The van der Waals surface area contributed by atoms with Crippen LogP contribution in [-0.2, 0) is 0 Å². The van der Waals surface area contributed by atoms with Crippen molar-refractivity contribution in [2.45, 2.75) is 20.0 Å². The Bertz CT molecular complexity index is 451. The number of aliphatic hydroxyl groups excluding tert-OH is 1. The minimum Gasteiger partial charge on any atom is -0.388 e. The molecule has 0 saturated heterocycles. The molecule has 2 rings (SSSR count). The Morgan fingerprint density at radius 3 is 2.73 bits per heavy atom. The Kier molecular flexibility index (Phi) is 2.79. The summed E-state index contributed by atoms with van der Waals surface area (Å²) in [5.74, 6) is 0. The maximum absolute atomic E-state index is 9.51. The summed E-state index contributed by atoms with van der Waals surface area (Å²) in [7, 11) is 0. The summed E-state index contributed by atoms with van der Waals surface area (Å²) in [6, 6.07) is 5.73. The van der Waals surface area contributed by atoms with Gasteiger partial charge in [-0.3, -0.25) is 4.98 Å². The summed E-state index contributed by atoms with van der Waals surface area (Å²) in [6.45, 7) is 3.66. The van der Waals surface area contributed by atoms with Crippen LogP contribution in [0.2, 0.25) is 0 Å². The fourth-order valence-electron chi connectivity index (χ4n) is 1.39. The third kappa shape index (κ3) is 2.06. The van der Waals surface area contributed by atoms with E-state index in [4.69, 9.17) is 0 Å². The van der Waals surface area contributed by atoms with Crippen molar-refractivity contribution in [2.75, 3.05) is 0 Å². The first-order chi connectivity index (χ1) is 7.18. The molecule has 2 aromatic heterocycles. The summed E-state index contributed by atoms with van der Waals surface area (Å²) >= 11 is 1.50. The largest absolute Gasteiger partial charge is 0.388 e. The molecule has 15 heavy (non-hydrogen) atoms. The van der Waals surface area contributed by atoms with E-state index in [1.54, 1.807) is 13.1 Å². The fourth-order valence-corrected chi connectivity index (χ4v) is 2.37. The molecule has 0 spiro atoms. The first-order valence-corrected chi connectivity index (χ1v) is 5.57. The van der Waals surface area contributed by atoms with Gasteiger partial charge in [0.05, 0.1) is 22.4 Å². The van der Waals surface area contributed by atoms with Crippen LogP contribution in [0.25, 0.3) is 10.7 Å². The van der Waals surface area contributed by atoms with Crippen LogP contribution < -0.4 is 0 Å². The van der Waals surface area contributed by atoms with Gasteiger partial charge in [0.1, 0.15) is 5.01 Å². The molecule has 0 aliphatic heterocycles. The number of rotatable bonds is 2. The van der Waals surface area contributed by atoms with Gasteiger partial charge in [0.15, 0.2) is 0 Å². The molecule has 2 aromatic rings. The first kappa shape index (κ1) is 10.3. The molecule has 0 bridgehead atoms.